The molecule has 80 valence electrons. The van der Waals surface area contributed by atoms with E-state index in [4.69, 9.17) is 0 Å². The van der Waals surface area contributed by atoms with Crippen LogP contribution in [-0.2, 0) is 5.92 Å². The van der Waals surface area contributed by atoms with Gasteiger partial charge in [0.2, 0.25) is 0 Å². The van der Waals surface area contributed by atoms with E-state index in [-0.39, 0.29) is 4.47 Å². The van der Waals surface area contributed by atoms with Crippen molar-refractivity contribution in [2.75, 3.05) is 0 Å². The molecule has 1 N–H and O–H groups in total. The number of aromatic amines is 1. The summed E-state index contributed by atoms with van der Waals surface area (Å²) in [6, 6.07) is 0. The fourth-order valence-corrected chi connectivity index (χ4v) is 1.35. The Bertz CT molecular complexity index is 318. The summed E-state index contributed by atoms with van der Waals surface area (Å²) < 4.78 is 60.9. The standard InChI is InChI=1S/C6H4BrF5N2/c7-3-1-13-14-4(3)5(8,9)2-6(10,11)12/h1H,2H2,(H,13,14). The van der Waals surface area contributed by atoms with E-state index in [0.717, 1.165) is 6.20 Å². The molecule has 0 aliphatic carbocycles. The van der Waals surface area contributed by atoms with Crippen molar-refractivity contribution in [1.29, 1.82) is 0 Å². The Balaban J connectivity index is 2.91. The molecule has 0 aliphatic heterocycles. The van der Waals surface area contributed by atoms with Gasteiger partial charge in [-0.2, -0.15) is 27.1 Å². The Hall–Kier alpha value is -0.660. The van der Waals surface area contributed by atoms with Crippen molar-refractivity contribution in [2.24, 2.45) is 0 Å². The molecule has 14 heavy (non-hydrogen) atoms. The van der Waals surface area contributed by atoms with E-state index in [9.17, 15) is 22.0 Å². The second kappa shape index (κ2) is 3.48. The molecule has 0 amide bonds. The number of hydrogen-bond acceptors (Lipinski definition) is 1. The zero-order chi connectivity index (χ0) is 11.0. The van der Waals surface area contributed by atoms with Crippen molar-refractivity contribution in [3.8, 4) is 0 Å². The van der Waals surface area contributed by atoms with Crippen molar-refractivity contribution in [2.45, 2.75) is 18.5 Å². The maximum absolute atomic E-state index is 12.9. The molecule has 0 aliphatic rings. The van der Waals surface area contributed by atoms with Gasteiger partial charge >= 0.3 is 12.1 Å². The molecule has 0 fully saturated rings. The zero-order valence-electron chi connectivity index (χ0n) is 6.50. The van der Waals surface area contributed by atoms with Gasteiger partial charge in [0.15, 0.2) is 0 Å². The first kappa shape index (κ1) is 11.4. The summed E-state index contributed by atoms with van der Waals surface area (Å²) in [4.78, 5) is 0. The Morgan fingerprint density at radius 1 is 1.29 bits per heavy atom. The summed E-state index contributed by atoms with van der Waals surface area (Å²) in [7, 11) is 0. The normalized spacial score (nSPS) is 13.3. The molecule has 0 saturated heterocycles. The van der Waals surface area contributed by atoms with Gasteiger partial charge in [-0.3, -0.25) is 5.10 Å². The van der Waals surface area contributed by atoms with Gasteiger partial charge in [-0.25, -0.2) is 0 Å². The highest BCUT2D eigenvalue weighted by Crippen LogP contribution is 2.40. The van der Waals surface area contributed by atoms with Gasteiger partial charge in [0.05, 0.1) is 4.47 Å². The summed E-state index contributed by atoms with van der Waals surface area (Å²) in [6.07, 6.45) is -6.11. The third-order valence-electron chi connectivity index (χ3n) is 1.36. The van der Waals surface area contributed by atoms with E-state index in [1.54, 1.807) is 0 Å². The minimum Gasteiger partial charge on any atom is -0.284 e. The van der Waals surface area contributed by atoms with E-state index >= 15 is 0 Å². The molecule has 0 bridgehead atoms. The fraction of sp³-hybridized carbons (Fsp3) is 0.500. The van der Waals surface area contributed by atoms with E-state index in [2.05, 4.69) is 21.0 Å². The van der Waals surface area contributed by atoms with Crippen molar-refractivity contribution >= 4 is 15.9 Å². The first-order valence-corrected chi connectivity index (χ1v) is 4.16. The fourth-order valence-electron chi connectivity index (χ4n) is 0.867. The largest absolute Gasteiger partial charge is 0.395 e. The molecular weight excluding hydrogens is 275 g/mol. The molecule has 0 unspecified atom stereocenters. The lowest BCUT2D eigenvalue weighted by Gasteiger charge is -2.16. The predicted octanol–water partition coefficient (Wildman–Crippen LogP) is 3.22. The van der Waals surface area contributed by atoms with Crippen LogP contribution in [0.15, 0.2) is 10.7 Å². The maximum atomic E-state index is 12.9. The molecule has 0 atom stereocenters. The minimum absolute atomic E-state index is 0.174. The highest BCUT2D eigenvalue weighted by Gasteiger charge is 2.47. The van der Waals surface area contributed by atoms with E-state index in [1.165, 1.54) is 0 Å². The predicted molar refractivity (Wildman–Crippen MR) is 40.9 cm³/mol. The number of aromatic nitrogens is 2. The van der Waals surface area contributed by atoms with Crippen LogP contribution in [0.2, 0.25) is 0 Å². The molecule has 1 aromatic rings. The van der Waals surface area contributed by atoms with Crippen LogP contribution in [-0.4, -0.2) is 16.4 Å². The van der Waals surface area contributed by atoms with E-state index in [1.807, 2.05) is 5.10 Å². The monoisotopic (exact) mass is 278 g/mol. The average molecular weight is 279 g/mol. The SMILES string of the molecule is FC(F)(F)CC(F)(F)c1n[nH]cc1Br. The van der Waals surface area contributed by atoms with Crippen molar-refractivity contribution in [1.82, 2.24) is 10.2 Å². The summed E-state index contributed by atoms with van der Waals surface area (Å²) in [5.74, 6) is -4.02. The number of hydrogen-bond donors (Lipinski definition) is 1. The van der Waals surface area contributed by atoms with Crippen LogP contribution in [0.5, 0.6) is 0 Å². The van der Waals surface area contributed by atoms with Crippen LogP contribution in [0.3, 0.4) is 0 Å². The smallest absolute Gasteiger partial charge is 0.284 e. The second-order valence-corrected chi connectivity index (χ2v) is 3.43. The highest BCUT2D eigenvalue weighted by atomic mass is 79.9. The van der Waals surface area contributed by atoms with Crippen LogP contribution >= 0.6 is 15.9 Å². The van der Waals surface area contributed by atoms with Gasteiger partial charge in [0.25, 0.3) is 0 Å². The highest BCUT2D eigenvalue weighted by molar-refractivity contribution is 9.10. The third kappa shape index (κ3) is 2.66. The van der Waals surface area contributed by atoms with Crippen molar-refractivity contribution in [3.63, 3.8) is 0 Å². The molecule has 0 aromatic carbocycles. The number of alkyl halides is 5. The summed E-state index contributed by atoms with van der Waals surface area (Å²) in [5, 5.41) is 5.10. The molecule has 1 rings (SSSR count). The van der Waals surface area contributed by atoms with Gasteiger partial charge < -0.3 is 0 Å². The van der Waals surface area contributed by atoms with Gasteiger partial charge in [0, 0.05) is 6.20 Å². The first-order chi connectivity index (χ1) is 6.22. The molecule has 8 heteroatoms. The number of nitrogens with one attached hydrogen (secondary N) is 1. The lowest BCUT2D eigenvalue weighted by atomic mass is 10.2. The van der Waals surface area contributed by atoms with Crippen molar-refractivity contribution in [3.05, 3.63) is 16.4 Å². The topological polar surface area (TPSA) is 28.7 Å². The first-order valence-electron chi connectivity index (χ1n) is 3.37. The lowest BCUT2D eigenvalue weighted by molar-refractivity contribution is -0.192. The number of rotatable bonds is 2. The summed E-state index contributed by atoms with van der Waals surface area (Å²) >= 11 is 2.67. The van der Waals surface area contributed by atoms with E-state index in [0.29, 0.717) is 0 Å². The maximum Gasteiger partial charge on any atom is 0.395 e. The van der Waals surface area contributed by atoms with Crippen LogP contribution < -0.4 is 0 Å². The number of nitrogens with zero attached hydrogens (tertiary/aromatic N) is 1. The molecule has 1 heterocycles. The Morgan fingerprint density at radius 2 is 1.86 bits per heavy atom. The Kier molecular flexibility index (Phi) is 2.84. The molecule has 0 spiro atoms. The van der Waals surface area contributed by atoms with Crippen LogP contribution in [0.1, 0.15) is 12.1 Å². The number of H-pyrrole nitrogens is 1. The Labute approximate surface area is 83.6 Å². The second-order valence-electron chi connectivity index (χ2n) is 2.58. The third-order valence-corrected chi connectivity index (χ3v) is 1.97. The summed E-state index contributed by atoms with van der Waals surface area (Å²) in [5.41, 5.74) is -0.935. The van der Waals surface area contributed by atoms with Crippen LogP contribution in [0.25, 0.3) is 0 Å². The molecular formula is C6H4BrF5N2. The minimum atomic E-state index is -4.93. The lowest BCUT2D eigenvalue weighted by Crippen LogP contribution is -2.24. The quantitative estimate of drug-likeness (QED) is 0.827. The van der Waals surface area contributed by atoms with Gasteiger partial charge in [-0.15, -0.1) is 0 Å². The molecule has 0 radical (unpaired) electrons. The Morgan fingerprint density at radius 3 is 2.21 bits per heavy atom. The summed E-state index contributed by atoms with van der Waals surface area (Å²) in [6.45, 7) is 0. The van der Waals surface area contributed by atoms with Crippen molar-refractivity contribution < 1.29 is 22.0 Å². The number of halogens is 6. The van der Waals surface area contributed by atoms with Gasteiger partial charge in [-0.1, -0.05) is 0 Å². The molecule has 1 aromatic heterocycles. The van der Waals surface area contributed by atoms with Crippen LogP contribution in [0.4, 0.5) is 22.0 Å². The van der Waals surface area contributed by atoms with Gasteiger partial charge in [0.1, 0.15) is 12.1 Å². The zero-order valence-corrected chi connectivity index (χ0v) is 8.09. The van der Waals surface area contributed by atoms with E-state index < -0.39 is 24.2 Å². The van der Waals surface area contributed by atoms with Crippen LogP contribution in [0, 0.1) is 0 Å². The molecule has 0 saturated carbocycles. The molecule has 2 nitrogen and oxygen atoms in total. The van der Waals surface area contributed by atoms with Gasteiger partial charge in [-0.05, 0) is 15.9 Å². The average Bonchev–Trinajstić information content (AvgIpc) is 2.29.